The predicted molar refractivity (Wildman–Crippen MR) is 138 cm³/mol. The van der Waals surface area contributed by atoms with Crippen LogP contribution in [0.5, 0.6) is 0 Å². The van der Waals surface area contributed by atoms with E-state index in [2.05, 4.69) is 10.6 Å². The molecule has 0 spiro atoms. The van der Waals surface area contributed by atoms with Gasteiger partial charge in [0, 0.05) is 17.9 Å². The number of aryl methyl sites for hydroxylation is 1. The molecular formula is C28H25N3O2S. The summed E-state index contributed by atoms with van der Waals surface area (Å²) in [5.74, 6) is 0.0305. The lowest BCUT2D eigenvalue weighted by Gasteiger charge is -2.29. The number of nitrogens with one attached hydrogen (secondary N) is 2. The normalized spacial score (nSPS) is 12.8. The van der Waals surface area contributed by atoms with Gasteiger partial charge in [0.25, 0.3) is 5.91 Å². The number of benzene rings is 3. The molecule has 0 unspecified atom stereocenters. The molecule has 0 atom stereocenters. The van der Waals surface area contributed by atoms with Crippen LogP contribution in [0.3, 0.4) is 0 Å². The Balaban J connectivity index is 1.33. The molecular weight excluding hydrogens is 442 g/mol. The van der Waals surface area contributed by atoms with E-state index in [1.165, 1.54) is 11.3 Å². The van der Waals surface area contributed by atoms with E-state index < -0.39 is 0 Å². The molecule has 6 heteroatoms. The van der Waals surface area contributed by atoms with Gasteiger partial charge in [-0.15, -0.1) is 11.3 Å². The summed E-state index contributed by atoms with van der Waals surface area (Å²) in [4.78, 5) is 28.5. The molecule has 0 saturated carbocycles. The fourth-order valence-electron chi connectivity index (χ4n) is 4.37. The Bertz CT molecular complexity index is 1230. The maximum absolute atomic E-state index is 13.0. The lowest BCUT2D eigenvalue weighted by molar-refractivity contribution is 0.0989. The molecule has 1 aliphatic heterocycles. The summed E-state index contributed by atoms with van der Waals surface area (Å²) in [6.07, 6.45) is 1.77. The lowest BCUT2D eigenvalue weighted by atomic mass is 9.99. The minimum absolute atomic E-state index is 0.0305. The van der Waals surface area contributed by atoms with Gasteiger partial charge in [0.1, 0.15) is 0 Å². The number of rotatable bonds is 5. The van der Waals surface area contributed by atoms with Crippen LogP contribution < -0.4 is 15.5 Å². The molecule has 3 aromatic carbocycles. The molecule has 0 fully saturated rings. The summed E-state index contributed by atoms with van der Waals surface area (Å²) in [6.45, 7) is 0.701. The van der Waals surface area contributed by atoms with Crippen LogP contribution in [0, 0.1) is 0 Å². The second-order valence-corrected chi connectivity index (χ2v) is 9.18. The van der Waals surface area contributed by atoms with Crippen LogP contribution in [0.4, 0.5) is 16.2 Å². The molecule has 0 saturated heterocycles. The van der Waals surface area contributed by atoms with Gasteiger partial charge in [0.2, 0.25) is 0 Å². The quantitative estimate of drug-likeness (QED) is 0.364. The molecule has 1 aliphatic rings. The van der Waals surface area contributed by atoms with Crippen LogP contribution in [0.15, 0.2) is 96.4 Å². The number of hydrogen-bond acceptors (Lipinski definition) is 3. The van der Waals surface area contributed by atoms with E-state index in [0.717, 1.165) is 40.1 Å². The zero-order valence-corrected chi connectivity index (χ0v) is 19.4. The second kappa shape index (κ2) is 9.93. The predicted octanol–water partition coefficient (Wildman–Crippen LogP) is 6.25. The smallest absolute Gasteiger partial charge is 0.319 e. The van der Waals surface area contributed by atoms with Crippen molar-refractivity contribution < 1.29 is 9.59 Å². The molecule has 4 aromatic rings. The monoisotopic (exact) mass is 467 g/mol. The average Bonchev–Trinajstić information content (AvgIpc) is 3.43. The summed E-state index contributed by atoms with van der Waals surface area (Å²) in [6, 6.07) is 28.8. The van der Waals surface area contributed by atoms with Crippen molar-refractivity contribution in [3.05, 3.63) is 118 Å². The minimum atomic E-state index is -0.278. The highest BCUT2D eigenvalue weighted by molar-refractivity contribution is 7.12. The highest BCUT2D eigenvalue weighted by Crippen LogP contribution is 2.31. The average molecular weight is 468 g/mol. The molecule has 1 aromatic heterocycles. The van der Waals surface area contributed by atoms with Gasteiger partial charge in [0.05, 0.1) is 10.9 Å². The van der Waals surface area contributed by atoms with Crippen LogP contribution in [-0.4, -0.2) is 18.5 Å². The minimum Gasteiger partial charge on any atom is -0.327 e. The largest absolute Gasteiger partial charge is 0.327 e. The molecule has 5 rings (SSSR count). The molecule has 34 heavy (non-hydrogen) atoms. The first-order valence-electron chi connectivity index (χ1n) is 11.3. The van der Waals surface area contributed by atoms with Crippen molar-refractivity contribution in [1.29, 1.82) is 0 Å². The van der Waals surface area contributed by atoms with Gasteiger partial charge in [-0.05, 0) is 59.2 Å². The fourth-order valence-corrected chi connectivity index (χ4v) is 5.04. The Labute approximate surface area is 203 Å². The molecule has 170 valence electrons. The van der Waals surface area contributed by atoms with Crippen LogP contribution in [0.2, 0.25) is 0 Å². The van der Waals surface area contributed by atoms with Gasteiger partial charge in [0.15, 0.2) is 0 Å². The van der Waals surface area contributed by atoms with Gasteiger partial charge in [-0.1, -0.05) is 66.7 Å². The number of carbonyl (C=O) groups excluding carboxylic acids is 2. The Morgan fingerprint density at radius 3 is 2.21 bits per heavy atom. The molecule has 0 aliphatic carbocycles. The molecule has 0 bridgehead atoms. The van der Waals surface area contributed by atoms with Crippen molar-refractivity contribution in [3.63, 3.8) is 0 Å². The van der Waals surface area contributed by atoms with E-state index in [-0.39, 0.29) is 18.0 Å². The Morgan fingerprint density at radius 2 is 1.56 bits per heavy atom. The molecule has 2 N–H and O–H groups in total. The van der Waals surface area contributed by atoms with E-state index >= 15 is 0 Å². The Hall–Kier alpha value is -3.90. The third-order valence-corrected chi connectivity index (χ3v) is 6.83. The highest BCUT2D eigenvalue weighted by atomic mass is 32.1. The maximum atomic E-state index is 13.0. The third kappa shape index (κ3) is 4.72. The first-order chi connectivity index (χ1) is 16.7. The molecule has 5 nitrogen and oxygen atoms in total. The van der Waals surface area contributed by atoms with E-state index in [1.807, 2.05) is 101 Å². The molecule has 2 heterocycles. The van der Waals surface area contributed by atoms with Crippen molar-refractivity contribution in [3.8, 4) is 0 Å². The first kappa shape index (κ1) is 21.9. The number of thiophene rings is 1. The van der Waals surface area contributed by atoms with Gasteiger partial charge in [-0.3, -0.25) is 4.79 Å². The Morgan fingerprint density at radius 1 is 0.853 bits per heavy atom. The van der Waals surface area contributed by atoms with E-state index in [0.29, 0.717) is 12.2 Å². The van der Waals surface area contributed by atoms with Gasteiger partial charge in [-0.25, -0.2) is 4.79 Å². The van der Waals surface area contributed by atoms with Gasteiger partial charge >= 0.3 is 6.03 Å². The number of carbonyl (C=O) groups is 2. The van der Waals surface area contributed by atoms with Crippen molar-refractivity contribution in [2.24, 2.45) is 0 Å². The molecule has 0 radical (unpaired) electrons. The summed E-state index contributed by atoms with van der Waals surface area (Å²) in [5.41, 5.74) is 4.72. The van der Waals surface area contributed by atoms with E-state index in [4.69, 9.17) is 0 Å². The lowest BCUT2D eigenvalue weighted by Crippen LogP contribution is -2.35. The van der Waals surface area contributed by atoms with Gasteiger partial charge in [-0.2, -0.15) is 0 Å². The topological polar surface area (TPSA) is 61.4 Å². The van der Waals surface area contributed by atoms with Crippen molar-refractivity contribution in [1.82, 2.24) is 5.32 Å². The van der Waals surface area contributed by atoms with Crippen LogP contribution in [-0.2, 0) is 6.42 Å². The third-order valence-electron chi connectivity index (χ3n) is 5.97. The fraction of sp³-hybridized carbons (Fsp3) is 0.143. The maximum Gasteiger partial charge on any atom is 0.319 e. The van der Waals surface area contributed by atoms with Crippen LogP contribution in [0.25, 0.3) is 0 Å². The van der Waals surface area contributed by atoms with E-state index in [9.17, 15) is 9.59 Å². The number of anilines is 2. The molecule has 3 amide bonds. The second-order valence-electron chi connectivity index (χ2n) is 8.23. The van der Waals surface area contributed by atoms with Crippen LogP contribution in [0.1, 0.15) is 38.8 Å². The van der Waals surface area contributed by atoms with E-state index in [1.54, 1.807) is 0 Å². The van der Waals surface area contributed by atoms with Crippen molar-refractivity contribution in [2.75, 3.05) is 16.8 Å². The highest BCUT2D eigenvalue weighted by Gasteiger charge is 2.25. The summed E-state index contributed by atoms with van der Waals surface area (Å²) in [5, 5.41) is 8.01. The Kier molecular flexibility index (Phi) is 6.40. The first-order valence-corrected chi connectivity index (χ1v) is 12.2. The SMILES string of the molecule is O=C(Nc1ccc2c(c1)CCCN2C(=O)c1cccs1)NC(c1ccccc1)c1ccccc1. The van der Waals surface area contributed by atoms with Crippen molar-refractivity contribution in [2.45, 2.75) is 18.9 Å². The summed E-state index contributed by atoms with van der Waals surface area (Å²) in [7, 11) is 0. The zero-order chi connectivity index (χ0) is 23.3. The number of fused-ring (bicyclic) bond motifs is 1. The number of urea groups is 1. The van der Waals surface area contributed by atoms with Gasteiger partial charge < -0.3 is 15.5 Å². The number of nitrogens with zero attached hydrogens (tertiary/aromatic N) is 1. The van der Waals surface area contributed by atoms with Crippen LogP contribution >= 0.6 is 11.3 Å². The standard InChI is InChI=1S/C28H25N3O2S/c32-27(25-14-8-18-34-25)31-17-7-13-22-19-23(15-16-24(22)31)29-28(33)30-26(20-9-3-1-4-10-20)21-11-5-2-6-12-21/h1-6,8-12,14-16,18-19,26H,7,13,17H2,(H2,29,30,33). The zero-order valence-electron chi connectivity index (χ0n) is 18.6. The number of amides is 3. The van der Waals surface area contributed by atoms with Crippen molar-refractivity contribution >= 4 is 34.6 Å². The number of hydrogen-bond donors (Lipinski definition) is 2. The summed E-state index contributed by atoms with van der Waals surface area (Å²) >= 11 is 1.46. The summed E-state index contributed by atoms with van der Waals surface area (Å²) < 4.78 is 0.